The third-order valence-corrected chi connectivity index (χ3v) is 2.32. The molecule has 0 radical (unpaired) electrons. The molecule has 0 aromatic carbocycles. The van der Waals surface area contributed by atoms with Crippen molar-refractivity contribution < 1.29 is 18.0 Å². The highest BCUT2D eigenvalue weighted by Crippen LogP contribution is 2.17. The highest BCUT2D eigenvalue weighted by atomic mass is 32.1. The number of amides is 2. The summed E-state index contributed by atoms with van der Waals surface area (Å²) < 4.78 is 35.4. The predicted molar refractivity (Wildman–Crippen MR) is 61.1 cm³/mol. The van der Waals surface area contributed by atoms with E-state index in [9.17, 15) is 18.0 Å². The van der Waals surface area contributed by atoms with Crippen molar-refractivity contribution in [1.29, 1.82) is 0 Å². The van der Waals surface area contributed by atoms with Gasteiger partial charge in [0.1, 0.15) is 6.54 Å². The van der Waals surface area contributed by atoms with Gasteiger partial charge in [0.2, 0.25) is 0 Å². The van der Waals surface area contributed by atoms with Gasteiger partial charge in [-0.25, -0.2) is 9.78 Å². The first-order valence-corrected chi connectivity index (χ1v) is 5.49. The lowest BCUT2D eigenvalue weighted by atomic mass is 10.5. The first kappa shape index (κ1) is 14.3. The van der Waals surface area contributed by atoms with Crippen molar-refractivity contribution in [3.63, 3.8) is 0 Å². The highest BCUT2D eigenvalue weighted by Gasteiger charge is 2.27. The van der Waals surface area contributed by atoms with Gasteiger partial charge in [0.25, 0.3) is 0 Å². The van der Waals surface area contributed by atoms with Gasteiger partial charge in [0.15, 0.2) is 5.13 Å². The molecule has 1 heterocycles. The molecule has 98 valence electrons. The number of hydrogen-bond donors (Lipinski definition) is 3. The molecule has 0 saturated carbocycles. The lowest BCUT2D eigenvalue weighted by molar-refractivity contribution is -0.122. The Hall–Kier alpha value is -1.79. The average Bonchev–Trinajstić information content (AvgIpc) is 2.70. The predicted octanol–water partition coefficient (Wildman–Crippen LogP) is 1.14. The Labute approximate surface area is 105 Å². The third-order valence-electron chi connectivity index (χ3n) is 1.49. The molecule has 2 amide bonds. The van der Waals surface area contributed by atoms with Gasteiger partial charge < -0.3 is 11.1 Å². The molecule has 5 nitrogen and oxygen atoms in total. The number of anilines is 1. The Morgan fingerprint density at radius 1 is 1.56 bits per heavy atom. The third kappa shape index (κ3) is 5.51. The molecule has 4 N–H and O–H groups in total. The van der Waals surface area contributed by atoms with Crippen LogP contribution in [0.3, 0.4) is 0 Å². The number of nitrogens with two attached hydrogens (primary N) is 1. The van der Waals surface area contributed by atoms with E-state index in [2.05, 4.69) is 22.1 Å². The molecule has 0 aliphatic heterocycles. The fraction of sp³-hybridized carbons (Fsp3) is 0.333. The number of nitrogens with zero attached hydrogens (tertiary/aromatic N) is 1. The van der Waals surface area contributed by atoms with Crippen molar-refractivity contribution in [2.45, 2.75) is 6.18 Å². The number of urea groups is 1. The van der Waals surface area contributed by atoms with Crippen molar-refractivity contribution >= 4 is 22.5 Å². The number of thiazole rings is 1. The molecule has 0 unspecified atom stereocenters. The first-order valence-electron chi connectivity index (χ1n) is 4.67. The average molecular weight is 278 g/mol. The van der Waals surface area contributed by atoms with Crippen LogP contribution in [0.2, 0.25) is 0 Å². The van der Waals surface area contributed by atoms with E-state index >= 15 is 0 Å². The second kappa shape index (κ2) is 6.23. The van der Waals surface area contributed by atoms with Crippen molar-refractivity contribution in [2.24, 2.45) is 5.73 Å². The van der Waals surface area contributed by atoms with Crippen LogP contribution < -0.4 is 16.4 Å². The van der Waals surface area contributed by atoms with Crippen LogP contribution in [0, 0.1) is 11.8 Å². The van der Waals surface area contributed by atoms with Crippen LogP contribution in [0.15, 0.2) is 6.20 Å². The molecule has 18 heavy (non-hydrogen) atoms. The molecule has 0 aliphatic rings. The van der Waals surface area contributed by atoms with E-state index in [1.54, 1.807) is 5.32 Å². The van der Waals surface area contributed by atoms with Crippen molar-refractivity contribution in [2.75, 3.05) is 18.4 Å². The maximum atomic E-state index is 11.8. The Kier molecular flexibility index (Phi) is 4.94. The topological polar surface area (TPSA) is 80.0 Å². The molecule has 1 aromatic heterocycles. The summed E-state index contributed by atoms with van der Waals surface area (Å²) in [4.78, 5) is 15.4. The fourth-order valence-corrected chi connectivity index (χ4v) is 1.54. The number of carbonyl (C=O) groups is 1. The summed E-state index contributed by atoms with van der Waals surface area (Å²) in [6.45, 7) is -1.21. The van der Waals surface area contributed by atoms with Gasteiger partial charge in [0.05, 0.1) is 17.6 Å². The number of aromatic nitrogens is 1. The first-order chi connectivity index (χ1) is 8.40. The second-order valence-electron chi connectivity index (χ2n) is 2.96. The van der Waals surface area contributed by atoms with Crippen LogP contribution in [0.5, 0.6) is 0 Å². The molecule has 1 rings (SSSR count). The van der Waals surface area contributed by atoms with Crippen LogP contribution in [0.25, 0.3) is 0 Å². The van der Waals surface area contributed by atoms with Gasteiger partial charge in [-0.15, -0.1) is 0 Å². The zero-order valence-electron chi connectivity index (χ0n) is 8.97. The van der Waals surface area contributed by atoms with E-state index < -0.39 is 18.8 Å². The minimum Gasteiger partial charge on any atom is -0.329 e. The molecule has 0 saturated heterocycles. The Morgan fingerprint density at radius 2 is 2.28 bits per heavy atom. The Morgan fingerprint density at radius 3 is 2.89 bits per heavy atom. The van der Waals surface area contributed by atoms with E-state index in [4.69, 9.17) is 5.73 Å². The van der Waals surface area contributed by atoms with E-state index in [0.717, 1.165) is 11.3 Å². The minimum atomic E-state index is -4.45. The minimum absolute atomic E-state index is 0.163. The van der Waals surface area contributed by atoms with E-state index in [-0.39, 0.29) is 11.7 Å². The molecular formula is C9H9F3N4OS. The summed E-state index contributed by atoms with van der Waals surface area (Å²) in [7, 11) is 0. The lowest BCUT2D eigenvalue weighted by Gasteiger charge is -2.07. The normalized spacial score (nSPS) is 10.4. The number of halogens is 3. The number of rotatable bonds is 2. The fourth-order valence-electron chi connectivity index (χ4n) is 0.850. The summed E-state index contributed by atoms with van der Waals surface area (Å²) in [5.41, 5.74) is 5.17. The summed E-state index contributed by atoms with van der Waals surface area (Å²) >= 11 is 1.04. The standard InChI is InChI=1S/C9H9F3N4OS/c10-9(11,12)5-15-7(17)16-8-14-4-6(18-8)2-1-3-13/h4H,3,5,13H2,(H2,14,15,16,17). The molecule has 0 atom stereocenters. The van der Waals surface area contributed by atoms with Crippen LogP contribution in [0.1, 0.15) is 4.88 Å². The van der Waals surface area contributed by atoms with Crippen LogP contribution in [0.4, 0.5) is 23.1 Å². The number of nitrogens with one attached hydrogen (secondary N) is 2. The smallest absolute Gasteiger partial charge is 0.329 e. The summed E-state index contributed by atoms with van der Waals surface area (Å²) in [5, 5.41) is 3.99. The maximum absolute atomic E-state index is 11.8. The highest BCUT2D eigenvalue weighted by molar-refractivity contribution is 7.16. The van der Waals surface area contributed by atoms with Gasteiger partial charge in [0, 0.05) is 0 Å². The van der Waals surface area contributed by atoms with Gasteiger partial charge in [-0.1, -0.05) is 23.2 Å². The second-order valence-corrected chi connectivity index (χ2v) is 3.99. The number of alkyl halides is 3. The number of carbonyl (C=O) groups excluding carboxylic acids is 1. The van der Waals surface area contributed by atoms with E-state index in [0.29, 0.717) is 4.88 Å². The van der Waals surface area contributed by atoms with E-state index in [1.165, 1.54) is 6.20 Å². The van der Waals surface area contributed by atoms with Crippen molar-refractivity contribution in [3.05, 3.63) is 11.1 Å². The van der Waals surface area contributed by atoms with Gasteiger partial charge in [-0.2, -0.15) is 13.2 Å². The summed E-state index contributed by atoms with van der Waals surface area (Å²) in [6.07, 6.45) is -3.05. The quantitative estimate of drug-likeness (QED) is 0.710. The summed E-state index contributed by atoms with van der Waals surface area (Å²) in [6, 6.07) is -0.972. The molecule has 1 aromatic rings. The molecule has 9 heteroatoms. The lowest BCUT2D eigenvalue weighted by Crippen LogP contribution is -2.36. The van der Waals surface area contributed by atoms with E-state index in [1.807, 2.05) is 0 Å². The molecule has 0 fully saturated rings. The van der Waals surface area contributed by atoms with Crippen molar-refractivity contribution in [1.82, 2.24) is 10.3 Å². The van der Waals surface area contributed by atoms with Crippen LogP contribution >= 0.6 is 11.3 Å². The van der Waals surface area contributed by atoms with Gasteiger partial charge in [-0.3, -0.25) is 5.32 Å². The van der Waals surface area contributed by atoms with Gasteiger partial charge >= 0.3 is 12.2 Å². The monoisotopic (exact) mass is 278 g/mol. The number of hydrogen-bond acceptors (Lipinski definition) is 4. The van der Waals surface area contributed by atoms with Crippen LogP contribution in [-0.4, -0.2) is 30.3 Å². The molecule has 0 aliphatic carbocycles. The van der Waals surface area contributed by atoms with Crippen LogP contribution in [-0.2, 0) is 0 Å². The summed E-state index contributed by atoms with van der Waals surface area (Å²) in [5.74, 6) is 5.27. The largest absolute Gasteiger partial charge is 0.405 e. The zero-order valence-corrected chi connectivity index (χ0v) is 9.78. The molecule has 0 bridgehead atoms. The molecular weight excluding hydrogens is 269 g/mol. The zero-order chi connectivity index (χ0) is 13.6. The molecule has 0 spiro atoms. The van der Waals surface area contributed by atoms with Crippen molar-refractivity contribution in [3.8, 4) is 11.8 Å². The SMILES string of the molecule is NCC#Cc1cnc(NC(=O)NCC(F)(F)F)s1. The van der Waals surface area contributed by atoms with Gasteiger partial charge in [-0.05, 0) is 0 Å². The maximum Gasteiger partial charge on any atom is 0.405 e. The Bertz CT molecular complexity index is 474. The Balaban J connectivity index is 2.47.